The molecule has 102 valence electrons. The molecule has 1 saturated heterocycles. The summed E-state index contributed by atoms with van der Waals surface area (Å²) in [5.74, 6) is 2.12. The lowest BCUT2D eigenvalue weighted by Crippen LogP contribution is -2.36. The van der Waals surface area contributed by atoms with Gasteiger partial charge in [0.05, 0.1) is 16.2 Å². The summed E-state index contributed by atoms with van der Waals surface area (Å²) in [5, 5.41) is 4.28. The van der Waals surface area contributed by atoms with Crippen molar-refractivity contribution in [1.29, 1.82) is 0 Å². The molecule has 0 saturated carbocycles. The number of aliphatic imine (C=N–C) groups is 1. The quantitative estimate of drug-likeness (QED) is 0.595. The summed E-state index contributed by atoms with van der Waals surface area (Å²) in [6.45, 7) is 4.52. The molecule has 0 N–H and O–H groups in total. The Morgan fingerprint density at radius 2 is 2.05 bits per heavy atom. The number of halogens is 1. The summed E-state index contributed by atoms with van der Waals surface area (Å²) in [5.41, 5.74) is 2.04. The Bertz CT molecular complexity index is 740. The third-order valence-electron chi connectivity index (χ3n) is 4.63. The Hall–Kier alpha value is -1.53. The third kappa shape index (κ3) is 1.28. The van der Waals surface area contributed by atoms with Crippen molar-refractivity contribution in [3.05, 3.63) is 34.7 Å². The summed E-state index contributed by atoms with van der Waals surface area (Å²) >= 11 is 3.59. The molecule has 0 bridgehead atoms. The maximum atomic E-state index is 4.88. The van der Waals surface area contributed by atoms with Crippen LogP contribution >= 0.6 is 15.9 Å². The highest BCUT2D eigenvalue weighted by Gasteiger charge is 2.70. The average Bonchev–Trinajstić information content (AvgIpc) is 2.81. The van der Waals surface area contributed by atoms with E-state index >= 15 is 0 Å². The predicted molar refractivity (Wildman–Crippen MR) is 82.1 cm³/mol. The molecule has 0 radical (unpaired) electrons. The molecule has 4 rings (SSSR count). The lowest BCUT2D eigenvalue weighted by Gasteiger charge is -2.14. The van der Waals surface area contributed by atoms with Crippen molar-refractivity contribution in [2.45, 2.75) is 25.9 Å². The second kappa shape index (κ2) is 3.77. The number of rotatable bonds is 1. The lowest BCUT2D eigenvalue weighted by molar-refractivity contribution is 0.687. The zero-order chi connectivity index (χ0) is 14.1. The van der Waals surface area contributed by atoms with Crippen molar-refractivity contribution in [1.82, 2.24) is 19.2 Å². The summed E-state index contributed by atoms with van der Waals surface area (Å²) in [6, 6.07) is 2.94. The second-order valence-electron chi connectivity index (χ2n) is 5.56. The monoisotopic (exact) mass is 332 g/mol. The Morgan fingerprint density at radius 3 is 2.65 bits per heavy atom. The minimum absolute atomic E-state index is 0.497. The van der Waals surface area contributed by atoms with Crippen molar-refractivity contribution < 1.29 is 0 Å². The predicted octanol–water partition coefficient (Wildman–Crippen LogP) is 2.77. The van der Waals surface area contributed by atoms with Gasteiger partial charge in [-0.1, -0.05) is 0 Å². The number of hydrogen-bond donors (Lipinski definition) is 0. The Kier molecular flexibility index (Phi) is 2.30. The van der Waals surface area contributed by atoms with Crippen LogP contribution in [0.25, 0.3) is 0 Å². The van der Waals surface area contributed by atoms with Crippen LogP contribution in [0.4, 0.5) is 11.5 Å². The molecule has 2 aliphatic rings. The third-order valence-corrected chi connectivity index (χ3v) is 5.27. The van der Waals surface area contributed by atoms with Gasteiger partial charge in [-0.3, -0.25) is 4.68 Å². The molecular weight excluding hydrogens is 318 g/mol. The van der Waals surface area contributed by atoms with E-state index in [1.54, 1.807) is 0 Å². The maximum Gasteiger partial charge on any atom is 0.262 e. The zero-order valence-electron chi connectivity index (χ0n) is 11.6. The molecule has 6 heteroatoms. The largest absolute Gasteiger partial charge is 0.275 e. The van der Waals surface area contributed by atoms with Gasteiger partial charge in [0.25, 0.3) is 5.82 Å². The molecule has 4 heterocycles. The van der Waals surface area contributed by atoms with E-state index in [1.165, 1.54) is 0 Å². The average molecular weight is 333 g/mol. The smallest absolute Gasteiger partial charge is 0.262 e. The molecule has 2 aromatic heterocycles. The lowest BCUT2D eigenvalue weighted by atomic mass is 10.3. The van der Waals surface area contributed by atoms with Crippen LogP contribution in [-0.4, -0.2) is 32.7 Å². The molecule has 1 spiro atoms. The van der Waals surface area contributed by atoms with Gasteiger partial charge in [-0.2, -0.15) is 10.1 Å². The van der Waals surface area contributed by atoms with E-state index in [9.17, 15) is 0 Å². The van der Waals surface area contributed by atoms with Gasteiger partial charge in [-0.15, -0.1) is 0 Å². The van der Waals surface area contributed by atoms with Crippen LogP contribution in [0.5, 0.6) is 0 Å². The number of nitrogens with zero attached hydrogens (tertiary/aromatic N) is 5. The highest BCUT2D eigenvalue weighted by molar-refractivity contribution is 9.10. The van der Waals surface area contributed by atoms with Crippen molar-refractivity contribution in [3.8, 4) is 0 Å². The van der Waals surface area contributed by atoms with Crippen molar-refractivity contribution in [2.24, 2.45) is 12.0 Å². The van der Waals surface area contributed by atoms with Gasteiger partial charge in [-0.05, 0) is 35.8 Å². The fraction of sp³-hybridized carbons (Fsp3) is 0.357. The first-order chi connectivity index (χ1) is 9.56. The molecule has 0 aromatic carbocycles. The molecule has 1 fully saturated rings. The van der Waals surface area contributed by atoms with Crippen LogP contribution in [0.1, 0.15) is 19.4 Å². The van der Waals surface area contributed by atoms with Crippen LogP contribution in [0.2, 0.25) is 0 Å². The summed E-state index contributed by atoms with van der Waals surface area (Å²) in [4.78, 5) is 9.50. The standard InChI is InChI=1S/C14H15BrN5/c1-8-9(2)20(8)13(10-6-17-19(3)7-10)18-12-11(15)4-5-16-14(12)20/h4-9H,1-3H3/q+1/t8-,9?,20?/m0/s1. The Morgan fingerprint density at radius 1 is 1.30 bits per heavy atom. The molecule has 20 heavy (non-hydrogen) atoms. The van der Waals surface area contributed by atoms with Gasteiger partial charge in [0.15, 0.2) is 17.8 Å². The molecule has 2 aliphatic heterocycles. The van der Waals surface area contributed by atoms with E-state index in [0.717, 1.165) is 31.9 Å². The number of aromatic nitrogens is 3. The van der Waals surface area contributed by atoms with Gasteiger partial charge in [0, 0.05) is 19.4 Å². The molecule has 2 unspecified atom stereocenters. The van der Waals surface area contributed by atoms with Crippen LogP contribution < -0.4 is 4.48 Å². The van der Waals surface area contributed by atoms with Crippen LogP contribution in [0.3, 0.4) is 0 Å². The van der Waals surface area contributed by atoms with E-state index in [-0.39, 0.29) is 0 Å². The second-order valence-corrected chi connectivity index (χ2v) is 6.42. The normalized spacial score (nSPS) is 30.5. The van der Waals surface area contributed by atoms with E-state index in [0.29, 0.717) is 12.1 Å². The first-order valence-corrected chi connectivity index (χ1v) is 7.48. The number of pyridine rings is 1. The van der Waals surface area contributed by atoms with Gasteiger partial charge in [0.1, 0.15) is 0 Å². The number of quaternary nitrogens is 1. The van der Waals surface area contributed by atoms with Crippen molar-refractivity contribution in [2.75, 3.05) is 0 Å². The molecule has 0 aliphatic carbocycles. The zero-order valence-corrected chi connectivity index (χ0v) is 13.2. The summed E-state index contributed by atoms with van der Waals surface area (Å²) < 4.78 is 3.57. The molecular formula is C14H15BrN5+. The minimum atomic E-state index is 0.497. The topological polar surface area (TPSA) is 43.1 Å². The highest BCUT2D eigenvalue weighted by Crippen LogP contribution is 2.55. The SMILES string of the molecule is CC1[C@H](C)[N+]12C(c1cnn(C)c1)=Nc1c(Br)ccnc12. The number of hydrogen-bond acceptors (Lipinski definition) is 3. The molecule has 3 atom stereocenters. The van der Waals surface area contributed by atoms with E-state index < -0.39 is 0 Å². The van der Waals surface area contributed by atoms with Gasteiger partial charge in [0.2, 0.25) is 5.84 Å². The first-order valence-electron chi connectivity index (χ1n) is 6.68. The molecule has 2 aromatic rings. The van der Waals surface area contributed by atoms with Gasteiger partial charge in [-0.25, -0.2) is 9.47 Å². The van der Waals surface area contributed by atoms with Gasteiger partial charge >= 0.3 is 0 Å². The first kappa shape index (κ1) is 12.2. The van der Waals surface area contributed by atoms with Gasteiger partial charge < -0.3 is 0 Å². The maximum absolute atomic E-state index is 4.88. The summed E-state index contributed by atoms with van der Waals surface area (Å²) in [7, 11) is 1.93. The summed E-state index contributed by atoms with van der Waals surface area (Å²) in [6.07, 6.45) is 5.76. The number of amidine groups is 1. The van der Waals surface area contributed by atoms with E-state index in [4.69, 9.17) is 4.99 Å². The molecule has 0 amide bonds. The van der Waals surface area contributed by atoms with Crippen LogP contribution in [0, 0.1) is 0 Å². The van der Waals surface area contributed by atoms with Crippen molar-refractivity contribution in [3.63, 3.8) is 0 Å². The van der Waals surface area contributed by atoms with E-state index in [2.05, 4.69) is 39.9 Å². The number of aryl methyl sites for hydroxylation is 1. The fourth-order valence-corrected chi connectivity index (χ4v) is 3.74. The van der Waals surface area contributed by atoms with Crippen LogP contribution in [0.15, 0.2) is 34.1 Å². The van der Waals surface area contributed by atoms with Crippen LogP contribution in [-0.2, 0) is 7.05 Å². The van der Waals surface area contributed by atoms with Crippen molar-refractivity contribution >= 4 is 33.3 Å². The Balaban J connectivity index is 1.97. The fourth-order valence-electron chi connectivity index (χ4n) is 3.36. The Labute approximate surface area is 125 Å². The minimum Gasteiger partial charge on any atom is -0.275 e. The van der Waals surface area contributed by atoms with E-state index in [1.807, 2.05) is 36.4 Å². The molecule has 5 nitrogen and oxygen atoms in total. The number of fused-ring (bicyclic) bond motifs is 2. The highest BCUT2D eigenvalue weighted by atomic mass is 79.9.